The summed E-state index contributed by atoms with van der Waals surface area (Å²) < 4.78 is 18.2. The smallest absolute Gasteiger partial charge is 0.230 e. The number of thioether (sulfide) groups is 1. The molecule has 3 nitrogen and oxygen atoms in total. The predicted octanol–water partition coefficient (Wildman–Crippen LogP) is 4.41. The Morgan fingerprint density at radius 1 is 1.00 bits per heavy atom. The van der Waals surface area contributed by atoms with Crippen LogP contribution in [0.1, 0.15) is 5.56 Å². The van der Waals surface area contributed by atoms with E-state index < -0.39 is 0 Å². The first kappa shape index (κ1) is 18.3. The second-order valence-electron chi connectivity index (χ2n) is 5.78. The molecule has 0 saturated carbocycles. The first-order chi connectivity index (χ1) is 12.7. The van der Waals surface area contributed by atoms with E-state index in [1.807, 2.05) is 18.2 Å². The molecule has 1 amide bonds. The molecule has 0 aliphatic rings. The van der Waals surface area contributed by atoms with Gasteiger partial charge in [0.1, 0.15) is 18.2 Å². The molecule has 26 heavy (non-hydrogen) atoms. The summed E-state index contributed by atoms with van der Waals surface area (Å²) in [5.74, 6) is 1.47. The van der Waals surface area contributed by atoms with Crippen molar-refractivity contribution in [2.75, 3.05) is 18.9 Å². The maximum absolute atomic E-state index is 12.8. The molecule has 0 heterocycles. The Morgan fingerprint density at radius 2 is 1.77 bits per heavy atom. The van der Waals surface area contributed by atoms with Gasteiger partial charge >= 0.3 is 0 Å². The van der Waals surface area contributed by atoms with Gasteiger partial charge in [-0.05, 0) is 40.6 Å². The van der Waals surface area contributed by atoms with Crippen molar-refractivity contribution in [2.45, 2.75) is 5.75 Å². The topological polar surface area (TPSA) is 38.3 Å². The summed E-state index contributed by atoms with van der Waals surface area (Å²) in [7, 11) is 0. The Labute approximate surface area is 156 Å². The normalized spacial score (nSPS) is 10.7. The summed E-state index contributed by atoms with van der Waals surface area (Å²) in [6, 6.07) is 20.3. The molecule has 0 aliphatic heterocycles. The van der Waals surface area contributed by atoms with Gasteiger partial charge in [-0.3, -0.25) is 4.79 Å². The zero-order valence-electron chi connectivity index (χ0n) is 14.3. The summed E-state index contributed by atoms with van der Waals surface area (Å²) in [5, 5.41) is 5.28. The molecule has 134 valence electrons. The number of ether oxygens (including phenoxy) is 1. The second kappa shape index (κ2) is 9.25. The molecule has 0 aliphatic carbocycles. The molecule has 5 heteroatoms. The fourth-order valence-electron chi connectivity index (χ4n) is 2.61. The monoisotopic (exact) mass is 369 g/mol. The Hall–Kier alpha value is -2.53. The van der Waals surface area contributed by atoms with Gasteiger partial charge in [0.2, 0.25) is 5.91 Å². The Morgan fingerprint density at radius 3 is 2.62 bits per heavy atom. The van der Waals surface area contributed by atoms with Crippen molar-refractivity contribution in [1.82, 2.24) is 5.32 Å². The predicted molar refractivity (Wildman–Crippen MR) is 105 cm³/mol. The van der Waals surface area contributed by atoms with Crippen LogP contribution in [0, 0.1) is 5.82 Å². The van der Waals surface area contributed by atoms with Gasteiger partial charge in [-0.15, -0.1) is 11.8 Å². The number of hydrogen-bond donors (Lipinski definition) is 1. The lowest BCUT2D eigenvalue weighted by molar-refractivity contribution is -0.118. The van der Waals surface area contributed by atoms with Crippen molar-refractivity contribution >= 4 is 28.4 Å². The molecule has 0 atom stereocenters. The Balaban J connectivity index is 1.37. The SMILES string of the molecule is O=C(CSCc1cccc2ccccc12)NCCOc1ccc(F)cc1. The molecule has 1 N–H and O–H groups in total. The minimum atomic E-state index is -0.297. The van der Waals surface area contributed by atoms with E-state index in [1.165, 1.54) is 28.5 Å². The maximum atomic E-state index is 12.8. The van der Waals surface area contributed by atoms with Crippen LogP contribution in [0.4, 0.5) is 4.39 Å². The van der Waals surface area contributed by atoms with Crippen LogP contribution in [-0.4, -0.2) is 24.8 Å². The van der Waals surface area contributed by atoms with Gasteiger partial charge in [0.25, 0.3) is 0 Å². The largest absolute Gasteiger partial charge is 0.492 e. The van der Waals surface area contributed by atoms with Crippen molar-refractivity contribution in [3.8, 4) is 5.75 Å². The van der Waals surface area contributed by atoms with E-state index in [0.29, 0.717) is 24.7 Å². The summed E-state index contributed by atoms with van der Waals surface area (Å²) in [6.45, 7) is 0.774. The van der Waals surface area contributed by atoms with Gasteiger partial charge in [0, 0.05) is 5.75 Å². The second-order valence-corrected chi connectivity index (χ2v) is 6.77. The number of benzene rings is 3. The number of carbonyl (C=O) groups excluding carboxylic acids is 1. The molecule has 0 unspecified atom stereocenters. The molecule has 3 aromatic carbocycles. The van der Waals surface area contributed by atoms with Gasteiger partial charge < -0.3 is 10.1 Å². The van der Waals surface area contributed by atoms with Gasteiger partial charge in [-0.1, -0.05) is 42.5 Å². The van der Waals surface area contributed by atoms with Gasteiger partial charge in [-0.25, -0.2) is 4.39 Å². The zero-order chi connectivity index (χ0) is 18.2. The van der Waals surface area contributed by atoms with E-state index in [4.69, 9.17) is 4.74 Å². The molecular weight excluding hydrogens is 349 g/mol. The third-order valence-corrected chi connectivity index (χ3v) is 4.86. The van der Waals surface area contributed by atoms with Gasteiger partial charge in [-0.2, -0.15) is 0 Å². The van der Waals surface area contributed by atoms with E-state index in [0.717, 1.165) is 5.75 Å². The third-order valence-electron chi connectivity index (χ3n) is 3.88. The fraction of sp³-hybridized carbons (Fsp3) is 0.190. The van der Waals surface area contributed by atoms with Crippen LogP contribution in [0.15, 0.2) is 66.7 Å². The maximum Gasteiger partial charge on any atom is 0.230 e. The highest BCUT2D eigenvalue weighted by Gasteiger charge is 2.04. The van der Waals surface area contributed by atoms with Crippen LogP contribution in [0.2, 0.25) is 0 Å². The molecule has 0 radical (unpaired) electrons. The molecule has 3 aromatic rings. The zero-order valence-corrected chi connectivity index (χ0v) is 15.1. The first-order valence-electron chi connectivity index (χ1n) is 8.42. The van der Waals surface area contributed by atoms with Crippen LogP contribution in [0.3, 0.4) is 0 Å². The quantitative estimate of drug-likeness (QED) is 0.598. The minimum absolute atomic E-state index is 0.0158. The van der Waals surface area contributed by atoms with Crippen LogP contribution in [-0.2, 0) is 10.5 Å². The average molecular weight is 369 g/mol. The van der Waals surface area contributed by atoms with Crippen LogP contribution < -0.4 is 10.1 Å². The van der Waals surface area contributed by atoms with E-state index >= 15 is 0 Å². The lowest BCUT2D eigenvalue weighted by Gasteiger charge is -2.08. The molecule has 0 bridgehead atoms. The van der Waals surface area contributed by atoms with Crippen LogP contribution in [0.25, 0.3) is 10.8 Å². The number of nitrogens with one attached hydrogen (secondary N) is 1. The van der Waals surface area contributed by atoms with Crippen molar-refractivity contribution < 1.29 is 13.9 Å². The minimum Gasteiger partial charge on any atom is -0.492 e. The van der Waals surface area contributed by atoms with Gasteiger partial charge in [0.15, 0.2) is 0 Å². The number of rotatable bonds is 8. The summed E-state index contributed by atoms with van der Waals surface area (Å²) in [4.78, 5) is 11.9. The van der Waals surface area contributed by atoms with Crippen molar-refractivity contribution in [3.05, 3.63) is 78.1 Å². The van der Waals surface area contributed by atoms with Gasteiger partial charge in [0.05, 0.1) is 12.3 Å². The Bertz CT molecular complexity index is 862. The third kappa shape index (κ3) is 5.23. The van der Waals surface area contributed by atoms with E-state index in [9.17, 15) is 9.18 Å². The highest BCUT2D eigenvalue weighted by molar-refractivity contribution is 7.99. The number of carbonyl (C=O) groups is 1. The van der Waals surface area contributed by atoms with Crippen LogP contribution in [0.5, 0.6) is 5.75 Å². The van der Waals surface area contributed by atoms with E-state index in [2.05, 4.69) is 29.6 Å². The van der Waals surface area contributed by atoms with E-state index in [1.54, 1.807) is 23.9 Å². The van der Waals surface area contributed by atoms with Crippen molar-refractivity contribution in [1.29, 1.82) is 0 Å². The highest BCUT2D eigenvalue weighted by Crippen LogP contribution is 2.22. The molecular formula is C21H20FNO2S. The summed E-state index contributed by atoms with van der Waals surface area (Å²) in [6.07, 6.45) is 0. The first-order valence-corrected chi connectivity index (χ1v) is 9.57. The average Bonchev–Trinajstić information content (AvgIpc) is 2.67. The molecule has 0 aromatic heterocycles. The lowest BCUT2D eigenvalue weighted by Crippen LogP contribution is -2.29. The molecule has 0 fully saturated rings. The number of halogens is 1. The highest BCUT2D eigenvalue weighted by atomic mass is 32.2. The number of amides is 1. The van der Waals surface area contributed by atoms with E-state index in [-0.39, 0.29) is 11.7 Å². The van der Waals surface area contributed by atoms with Crippen molar-refractivity contribution in [3.63, 3.8) is 0 Å². The van der Waals surface area contributed by atoms with Crippen LogP contribution >= 0.6 is 11.8 Å². The summed E-state index contributed by atoms with van der Waals surface area (Å²) in [5.41, 5.74) is 1.24. The molecule has 0 saturated heterocycles. The number of hydrogen-bond acceptors (Lipinski definition) is 3. The lowest BCUT2D eigenvalue weighted by atomic mass is 10.1. The standard InChI is InChI=1S/C21H20FNO2S/c22-18-8-10-19(11-9-18)25-13-12-23-21(24)15-26-14-17-6-3-5-16-4-1-2-7-20(16)17/h1-11H,12-15H2,(H,23,24). The van der Waals surface area contributed by atoms with Crippen molar-refractivity contribution in [2.24, 2.45) is 0 Å². The Kier molecular flexibility index (Phi) is 6.50. The summed E-state index contributed by atoms with van der Waals surface area (Å²) >= 11 is 1.59. The number of fused-ring (bicyclic) bond motifs is 1. The molecule has 3 rings (SSSR count). The fourth-order valence-corrected chi connectivity index (χ4v) is 3.47. The molecule has 0 spiro atoms.